The maximum absolute atomic E-state index is 6.50. The van der Waals surface area contributed by atoms with Gasteiger partial charge < -0.3 is 8.83 Å². The number of fused-ring (bicyclic) bond motifs is 16. The fourth-order valence-electron chi connectivity index (χ4n) is 20.3. The maximum atomic E-state index is 6.50. The molecule has 0 unspecified atom stereocenters. The zero-order valence-corrected chi connectivity index (χ0v) is 67.4. The molecule has 0 saturated heterocycles. The Labute approximate surface area is 708 Å². The molecule has 0 N–H and O–H groups in total. The van der Waals surface area contributed by atoms with Crippen LogP contribution < -0.4 is 0 Å². The van der Waals surface area contributed by atoms with Crippen molar-refractivity contribution in [2.45, 2.75) is 75.0 Å². The van der Waals surface area contributed by atoms with Gasteiger partial charge in [0.15, 0.2) is 34.9 Å². The minimum absolute atomic E-state index is 0.156. The Morgan fingerprint density at radius 1 is 0.172 bits per heavy atom. The molecule has 4 aliphatic carbocycles. The molecule has 0 atom stereocenters. The van der Waals surface area contributed by atoms with Gasteiger partial charge in [-0.15, -0.1) is 0 Å². The summed E-state index contributed by atoms with van der Waals surface area (Å²) in [5.74, 6) is 3.59. The molecule has 8 nitrogen and oxygen atoms in total. The fraction of sp³-hybridized carbons (Fsp3) is 0.105. The van der Waals surface area contributed by atoms with E-state index in [1.54, 1.807) is 0 Å². The molecule has 4 aliphatic rings. The van der Waals surface area contributed by atoms with Crippen molar-refractivity contribution in [1.82, 2.24) is 29.9 Å². The van der Waals surface area contributed by atoms with Crippen molar-refractivity contribution < 1.29 is 8.83 Å². The van der Waals surface area contributed by atoms with E-state index in [1.165, 1.54) is 137 Å². The maximum Gasteiger partial charge on any atom is 0.167 e. The lowest BCUT2D eigenvalue weighted by Crippen LogP contribution is -2.27. The normalized spacial score (nSPS) is 14.0. The van der Waals surface area contributed by atoms with Gasteiger partial charge in [0, 0.05) is 60.2 Å². The van der Waals surface area contributed by atoms with E-state index in [4.69, 9.17) is 38.7 Å². The molecule has 0 radical (unpaired) electrons. The average Bonchev–Trinajstić information content (AvgIpc) is 1.56. The summed E-state index contributed by atoms with van der Waals surface area (Å²) in [6.45, 7) is 0. The van der Waals surface area contributed by atoms with E-state index in [9.17, 15) is 0 Å². The number of aromatic nitrogens is 6. The number of nitrogens with zero attached hydrogens (tertiary/aromatic N) is 6. The second kappa shape index (κ2) is 30.2. The van der Waals surface area contributed by atoms with Crippen molar-refractivity contribution in [2.75, 3.05) is 0 Å². The Kier molecular flexibility index (Phi) is 17.9. The second-order valence-corrected chi connectivity index (χ2v) is 33.3. The van der Waals surface area contributed by atoms with Crippen molar-refractivity contribution in [3.8, 4) is 157 Å². The lowest BCUT2D eigenvalue weighted by molar-refractivity contribution is 0.353. The van der Waals surface area contributed by atoms with Crippen LogP contribution in [0.25, 0.3) is 201 Å². The van der Waals surface area contributed by atoms with Gasteiger partial charge in [-0.3, -0.25) is 0 Å². The molecule has 24 rings (SSSR count). The number of furan rings is 2. The van der Waals surface area contributed by atoms with Gasteiger partial charge in [0.2, 0.25) is 0 Å². The van der Waals surface area contributed by atoms with E-state index >= 15 is 0 Å². The highest BCUT2D eigenvalue weighted by atomic mass is 16.3. The summed E-state index contributed by atoms with van der Waals surface area (Å²) in [6, 6.07) is 134. The van der Waals surface area contributed by atoms with Crippen LogP contribution in [0.1, 0.15) is 86.5 Å². The van der Waals surface area contributed by atoms with Crippen LogP contribution >= 0.6 is 0 Å². The lowest BCUT2D eigenvalue weighted by atomic mass is 9.68. The molecular weight excluding hydrogens is 1490 g/mol. The number of hydrogen-bond acceptors (Lipinski definition) is 8. The number of para-hydroxylation sites is 3. The average molecular weight is 1570 g/mol. The van der Waals surface area contributed by atoms with E-state index in [1.807, 2.05) is 60.7 Å². The third-order valence-corrected chi connectivity index (χ3v) is 26.3. The van der Waals surface area contributed by atoms with E-state index in [-0.39, 0.29) is 10.8 Å². The van der Waals surface area contributed by atoms with Gasteiger partial charge in [-0.1, -0.05) is 342 Å². The Balaban J connectivity index is 0.000000142. The summed E-state index contributed by atoms with van der Waals surface area (Å²) in [4.78, 5) is 30.9. The quantitative estimate of drug-likeness (QED) is 0.119. The summed E-state index contributed by atoms with van der Waals surface area (Å²) >= 11 is 0. The third-order valence-electron chi connectivity index (χ3n) is 26.3. The molecule has 4 aromatic heterocycles. The van der Waals surface area contributed by atoms with Crippen molar-refractivity contribution in [1.29, 1.82) is 0 Å². The minimum Gasteiger partial charge on any atom is -0.456 e. The Morgan fingerprint density at radius 3 is 0.959 bits per heavy atom. The van der Waals surface area contributed by atoms with Gasteiger partial charge in [-0.05, 0) is 210 Å². The van der Waals surface area contributed by atoms with E-state index < -0.39 is 0 Å². The molecular formula is C114H82N6O2. The first-order valence-corrected chi connectivity index (χ1v) is 42.9. The highest BCUT2D eigenvalue weighted by molar-refractivity contribution is 6.09. The predicted molar refractivity (Wildman–Crippen MR) is 498 cm³/mol. The SMILES string of the molecule is c1ccc(-c2ccc(-c3nc(-c4cccc(-c5cccc(-c6ccc7c(c6)-c6ccccc6C76CCCCC6)c5)c4)nc(-c4ccc5c(c4)oc4ccccc45)n3)cc2)cc1.c1ccc(-c2cccc(-c3nc(-c4cccc(-c5cccc(-c6ccc7c(c6)-c6ccccc6C76CCCCC6)c5)c4)nc(-c4cccc5c4oc4ccccc45)n3)c2)cc1. The monoisotopic (exact) mass is 1570 g/mol. The molecule has 4 heterocycles. The standard InChI is InChI=1S/2C57H41N3O/c1-3-15-37(16-4-1)38-17-12-21-43(34-38)54-58-55(60-56(59-54)48-26-14-25-47-46-24-6-8-28-52(46)61-53(47)48)44-22-13-20-41(35-44)39-18-11-19-40(33-39)42-29-30-51-49(36-42)45-23-5-7-27-50(45)57(51)31-9-2-10-32-57;1-3-13-37(14-4-1)38-23-25-39(26-24-38)54-58-55(60-56(59-54)45-27-29-48-47-20-6-8-22-52(47)61-53(48)36-45)44-18-12-17-42(34-44)40-15-11-16-41(33-40)43-28-30-51-49(35-43)46-19-5-7-21-50(46)57(51)31-9-2-10-32-57/h2*1,3-8,11-30,33-36H,2,9-10,31-32H2. The lowest BCUT2D eigenvalue weighted by Gasteiger charge is -2.36. The van der Waals surface area contributed by atoms with Gasteiger partial charge in [0.1, 0.15) is 22.3 Å². The van der Waals surface area contributed by atoms with Crippen molar-refractivity contribution in [3.63, 3.8) is 0 Å². The van der Waals surface area contributed by atoms with Crippen molar-refractivity contribution in [2.24, 2.45) is 0 Å². The summed E-state index contributed by atoms with van der Waals surface area (Å²) in [5.41, 5.74) is 34.6. The molecule has 0 amide bonds. The molecule has 0 bridgehead atoms. The van der Waals surface area contributed by atoms with Gasteiger partial charge in [-0.25, -0.2) is 29.9 Å². The topological polar surface area (TPSA) is 104 Å². The zero-order valence-electron chi connectivity index (χ0n) is 67.4. The van der Waals surface area contributed by atoms with E-state index in [2.05, 4.69) is 315 Å². The molecule has 2 saturated carbocycles. The van der Waals surface area contributed by atoms with Crippen molar-refractivity contribution >= 4 is 43.9 Å². The number of benzene rings is 16. The Bertz CT molecular complexity index is 7470. The smallest absolute Gasteiger partial charge is 0.167 e. The van der Waals surface area contributed by atoms with E-state index in [0.717, 1.165) is 116 Å². The van der Waals surface area contributed by atoms with Crippen LogP contribution in [0.3, 0.4) is 0 Å². The fourth-order valence-corrected chi connectivity index (χ4v) is 20.3. The van der Waals surface area contributed by atoms with Crippen LogP contribution in [-0.2, 0) is 10.8 Å². The molecule has 122 heavy (non-hydrogen) atoms. The highest BCUT2D eigenvalue weighted by Crippen LogP contribution is 2.58. The van der Waals surface area contributed by atoms with Crippen LogP contribution in [0.4, 0.5) is 0 Å². The largest absolute Gasteiger partial charge is 0.456 e. The summed E-state index contributed by atoms with van der Waals surface area (Å²) < 4.78 is 12.8. The van der Waals surface area contributed by atoms with Gasteiger partial charge in [0.25, 0.3) is 0 Å². The van der Waals surface area contributed by atoms with Crippen LogP contribution in [-0.4, -0.2) is 29.9 Å². The third kappa shape index (κ3) is 12.8. The molecule has 2 fully saturated rings. The first kappa shape index (κ1) is 72.4. The molecule has 2 spiro atoms. The summed E-state index contributed by atoms with van der Waals surface area (Å²) in [7, 11) is 0. The molecule has 8 heteroatoms. The number of rotatable bonds is 12. The molecule has 580 valence electrons. The van der Waals surface area contributed by atoms with Crippen LogP contribution in [0.15, 0.2) is 385 Å². The number of hydrogen-bond donors (Lipinski definition) is 0. The van der Waals surface area contributed by atoms with Crippen LogP contribution in [0, 0.1) is 0 Å². The van der Waals surface area contributed by atoms with Crippen molar-refractivity contribution in [3.05, 3.63) is 398 Å². The zero-order chi connectivity index (χ0) is 80.7. The van der Waals surface area contributed by atoms with Gasteiger partial charge in [-0.2, -0.15) is 0 Å². The van der Waals surface area contributed by atoms with Crippen LogP contribution in [0.2, 0.25) is 0 Å². The summed E-state index contributed by atoms with van der Waals surface area (Å²) in [5, 5.41) is 4.26. The summed E-state index contributed by atoms with van der Waals surface area (Å²) in [6.07, 6.45) is 12.8. The minimum atomic E-state index is 0.156. The van der Waals surface area contributed by atoms with E-state index in [0.29, 0.717) is 34.9 Å². The molecule has 20 aromatic rings. The first-order valence-electron chi connectivity index (χ1n) is 42.9. The van der Waals surface area contributed by atoms with Gasteiger partial charge in [0.05, 0.1) is 5.56 Å². The Hall–Kier alpha value is -14.9. The second-order valence-electron chi connectivity index (χ2n) is 33.3. The molecule has 16 aromatic carbocycles. The first-order chi connectivity index (χ1) is 60.3. The molecule has 0 aliphatic heterocycles. The predicted octanol–water partition coefficient (Wildman–Crippen LogP) is 30.0. The highest BCUT2D eigenvalue weighted by Gasteiger charge is 2.45. The van der Waals surface area contributed by atoms with Gasteiger partial charge >= 0.3 is 0 Å². The van der Waals surface area contributed by atoms with Crippen LogP contribution in [0.5, 0.6) is 0 Å². The Morgan fingerprint density at radius 2 is 0.467 bits per heavy atom.